The lowest BCUT2D eigenvalue weighted by atomic mass is 9.93. The molecule has 0 spiro atoms. The van der Waals surface area contributed by atoms with Crippen LogP contribution in [0.2, 0.25) is 5.02 Å². The van der Waals surface area contributed by atoms with Gasteiger partial charge in [0.2, 0.25) is 5.91 Å². The maximum atomic E-state index is 12.8. The minimum atomic E-state index is -0.762. The summed E-state index contributed by atoms with van der Waals surface area (Å²) in [7, 11) is 3.85. The van der Waals surface area contributed by atoms with Gasteiger partial charge in [0.15, 0.2) is 5.75 Å². The fraction of sp³-hybridized carbons (Fsp3) is 0.286. The molecule has 0 bridgehead atoms. The van der Waals surface area contributed by atoms with Crippen molar-refractivity contribution in [3.05, 3.63) is 52.5 Å². The molecule has 1 unspecified atom stereocenters. The van der Waals surface area contributed by atoms with Gasteiger partial charge in [-0.1, -0.05) is 23.7 Å². The number of rotatable bonds is 7. The lowest BCUT2D eigenvalue weighted by molar-refractivity contribution is -0.124. The number of fused-ring (bicyclic) bond motifs is 2. The maximum absolute atomic E-state index is 12.8. The topological polar surface area (TPSA) is 71.0 Å². The Kier molecular flexibility index (Phi) is 6.44. The van der Waals surface area contributed by atoms with Gasteiger partial charge in [-0.2, -0.15) is 0 Å². The zero-order chi connectivity index (χ0) is 20.1. The molecule has 2 aromatic rings. The van der Waals surface area contributed by atoms with Crippen molar-refractivity contribution < 1.29 is 14.3 Å². The molecule has 2 aromatic carbocycles. The second kappa shape index (κ2) is 8.99. The molecule has 6 nitrogen and oxygen atoms in total. The van der Waals surface area contributed by atoms with Gasteiger partial charge in [-0.3, -0.25) is 9.79 Å². The van der Waals surface area contributed by atoms with E-state index in [-0.39, 0.29) is 12.3 Å². The molecule has 1 aliphatic rings. The van der Waals surface area contributed by atoms with E-state index in [1.807, 2.05) is 43.3 Å². The highest BCUT2D eigenvalue weighted by molar-refractivity contribution is 6.32. The molecule has 1 heterocycles. The molecule has 28 heavy (non-hydrogen) atoms. The van der Waals surface area contributed by atoms with Gasteiger partial charge in [-0.05, 0) is 38.4 Å². The predicted molar refractivity (Wildman–Crippen MR) is 110 cm³/mol. The Bertz CT molecular complexity index is 912. The van der Waals surface area contributed by atoms with Crippen LogP contribution in [0.5, 0.6) is 11.5 Å². The summed E-state index contributed by atoms with van der Waals surface area (Å²) in [5, 5.41) is 3.24. The highest BCUT2D eigenvalue weighted by Crippen LogP contribution is 2.45. The van der Waals surface area contributed by atoms with Crippen molar-refractivity contribution in [1.29, 1.82) is 0 Å². The molecular weight excluding hydrogens is 378 g/mol. The van der Waals surface area contributed by atoms with Crippen LogP contribution in [0.4, 0.5) is 5.69 Å². The van der Waals surface area contributed by atoms with Crippen molar-refractivity contribution in [2.75, 3.05) is 27.2 Å². The van der Waals surface area contributed by atoms with Crippen LogP contribution in [-0.2, 0) is 9.59 Å². The standard InChI is InChI=1S/C21H22ClN3O3/c1-25(2)11-10-23-21(27)15(9-12-26)19-16(22)7-8-17-20(19)28-18-6-4-3-5-14(18)13-24-17/h3-8,12-13,15H,9-11H2,1-2H3,(H,23,27). The smallest absolute Gasteiger partial charge is 0.228 e. The Morgan fingerprint density at radius 2 is 2.07 bits per heavy atom. The first-order valence-corrected chi connectivity index (χ1v) is 9.38. The summed E-state index contributed by atoms with van der Waals surface area (Å²) in [6.07, 6.45) is 2.43. The first-order chi connectivity index (χ1) is 13.5. The SMILES string of the molecule is CN(C)CCNC(=O)C(CC=O)c1c(Cl)ccc2c1Oc1ccccc1C=N2. The first-order valence-electron chi connectivity index (χ1n) is 9.00. The van der Waals surface area contributed by atoms with E-state index in [1.54, 1.807) is 18.3 Å². The average Bonchev–Trinajstić information content (AvgIpc) is 2.85. The van der Waals surface area contributed by atoms with E-state index in [1.165, 1.54) is 0 Å². The third-order valence-electron chi connectivity index (χ3n) is 4.45. The van der Waals surface area contributed by atoms with Crippen LogP contribution in [0.25, 0.3) is 0 Å². The number of aliphatic imine (C=N–C) groups is 1. The second-order valence-electron chi connectivity index (χ2n) is 6.76. The van der Waals surface area contributed by atoms with E-state index < -0.39 is 5.92 Å². The highest BCUT2D eigenvalue weighted by atomic mass is 35.5. The molecule has 0 radical (unpaired) electrons. The minimum absolute atomic E-state index is 0.00130. The van der Waals surface area contributed by atoms with E-state index in [2.05, 4.69) is 10.3 Å². The molecule has 3 rings (SSSR count). The number of aldehydes is 1. The molecule has 1 N–H and O–H groups in total. The van der Waals surface area contributed by atoms with Gasteiger partial charge in [0, 0.05) is 41.9 Å². The number of ether oxygens (including phenoxy) is 1. The summed E-state index contributed by atoms with van der Waals surface area (Å²) in [5.74, 6) is -0.00775. The fourth-order valence-electron chi connectivity index (χ4n) is 3.00. The first kappa shape index (κ1) is 20.0. The van der Waals surface area contributed by atoms with Crippen LogP contribution in [0.1, 0.15) is 23.5 Å². The monoisotopic (exact) mass is 399 g/mol. The maximum Gasteiger partial charge on any atom is 0.228 e. The van der Waals surface area contributed by atoms with Gasteiger partial charge in [-0.15, -0.1) is 0 Å². The highest BCUT2D eigenvalue weighted by Gasteiger charge is 2.29. The molecule has 1 atom stereocenters. The van der Waals surface area contributed by atoms with Gasteiger partial charge < -0.3 is 19.7 Å². The van der Waals surface area contributed by atoms with Crippen molar-refractivity contribution in [2.45, 2.75) is 12.3 Å². The Morgan fingerprint density at radius 3 is 2.82 bits per heavy atom. The van der Waals surface area contributed by atoms with Crippen molar-refractivity contribution in [2.24, 2.45) is 4.99 Å². The lowest BCUT2D eigenvalue weighted by Crippen LogP contribution is -2.35. The fourth-order valence-corrected chi connectivity index (χ4v) is 3.29. The quantitative estimate of drug-likeness (QED) is 0.617. The van der Waals surface area contributed by atoms with Crippen molar-refractivity contribution in [1.82, 2.24) is 10.2 Å². The molecule has 0 aliphatic carbocycles. The lowest BCUT2D eigenvalue weighted by Gasteiger charge is -2.21. The molecule has 0 fully saturated rings. The van der Waals surface area contributed by atoms with Crippen LogP contribution >= 0.6 is 11.6 Å². The van der Waals surface area contributed by atoms with Gasteiger partial charge in [0.25, 0.3) is 0 Å². The molecule has 1 amide bonds. The van der Waals surface area contributed by atoms with E-state index in [0.29, 0.717) is 40.9 Å². The van der Waals surface area contributed by atoms with Crippen LogP contribution in [0.15, 0.2) is 41.4 Å². The summed E-state index contributed by atoms with van der Waals surface area (Å²) in [5.41, 5.74) is 1.86. The molecular formula is C21H22ClN3O3. The zero-order valence-corrected chi connectivity index (χ0v) is 16.6. The number of benzene rings is 2. The molecule has 0 aromatic heterocycles. The van der Waals surface area contributed by atoms with Crippen molar-refractivity contribution in [3.63, 3.8) is 0 Å². The predicted octanol–water partition coefficient (Wildman–Crippen LogP) is 3.55. The molecule has 0 saturated carbocycles. The molecule has 1 aliphatic heterocycles. The number of amides is 1. The van der Waals surface area contributed by atoms with Gasteiger partial charge in [-0.25, -0.2) is 0 Å². The molecule has 7 heteroatoms. The van der Waals surface area contributed by atoms with Crippen LogP contribution in [-0.4, -0.2) is 50.5 Å². The Morgan fingerprint density at radius 1 is 1.29 bits per heavy atom. The number of para-hydroxylation sites is 1. The number of hydrogen-bond acceptors (Lipinski definition) is 5. The summed E-state index contributed by atoms with van der Waals surface area (Å²) in [4.78, 5) is 30.6. The van der Waals surface area contributed by atoms with Crippen molar-refractivity contribution >= 4 is 35.7 Å². The minimum Gasteiger partial charge on any atom is -0.454 e. The van der Waals surface area contributed by atoms with E-state index in [9.17, 15) is 9.59 Å². The number of carbonyl (C=O) groups is 2. The van der Waals surface area contributed by atoms with Crippen molar-refractivity contribution in [3.8, 4) is 11.5 Å². The Labute approximate surface area is 169 Å². The number of likely N-dealkylation sites (N-methyl/N-ethyl adjacent to an activating group) is 1. The summed E-state index contributed by atoms with van der Waals surface area (Å²) in [6.45, 7) is 1.16. The largest absolute Gasteiger partial charge is 0.454 e. The van der Waals surface area contributed by atoms with E-state index in [0.717, 1.165) is 11.8 Å². The number of hydrogen-bond donors (Lipinski definition) is 1. The average molecular weight is 400 g/mol. The second-order valence-corrected chi connectivity index (χ2v) is 7.16. The molecule has 146 valence electrons. The van der Waals surface area contributed by atoms with Gasteiger partial charge >= 0.3 is 0 Å². The van der Waals surface area contributed by atoms with Crippen LogP contribution in [0, 0.1) is 0 Å². The third-order valence-corrected chi connectivity index (χ3v) is 4.78. The van der Waals surface area contributed by atoms with E-state index in [4.69, 9.17) is 16.3 Å². The number of nitrogens with zero attached hydrogens (tertiary/aromatic N) is 2. The Balaban J connectivity index is 2.00. The van der Waals surface area contributed by atoms with Crippen LogP contribution in [0.3, 0.4) is 0 Å². The molecule has 0 saturated heterocycles. The number of carbonyl (C=O) groups excluding carboxylic acids is 2. The number of halogens is 1. The zero-order valence-electron chi connectivity index (χ0n) is 15.8. The Hall–Kier alpha value is -2.70. The number of nitrogens with one attached hydrogen (secondary N) is 1. The summed E-state index contributed by atoms with van der Waals surface area (Å²) in [6, 6.07) is 10.9. The van der Waals surface area contributed by atoms with Gasteiger partial charge in [0.1, 0.15) is 17.7 Å². The summed E-state index contributed by atoms with van der Waals surface area (Å²) < 4.78 is 6.12. The normalized spacial score (nSPS) is 13.1. The third kappa shape index (κ3) is 4.40. The summed E-state index contributed by atoms with van der Waals surface area (Å²) >= 11 is 6.46. The van der Waals surface area contributed by atoms with Gasteiger partial charge in [0.05, 0.1) is 5.92 Å². The van der Waals surface area contributed by atoms with E-state index >= 15 is 0 Å². The van der Waals surface area contributed by atoms with Crippen LogP contribution < -0.4 is 10.1 Å².